The van der Waals surface area contributed by atoms with Crippen molar-refractivity contribution in [2.45, 2.75) is 6.92 Å². The van der Waals surface area contributed by atoms with E-state index in [4.69, 9.17) is 4.42 Å². The van der Waals surface area contributed by atoms with Gasteiger partial charge in [0.05, 0.1) is 11.2 Å². The number of H-pyrrole nitrogens is 1. The second kappa shape index (κ2) is 5.66. The van der Waals surface area contributed by atoms with Gasteiger partial charge in [-0.15, -0.1) is 0 Å². The van der Waals surface area contributed by atoms with Crippen LogP contribution in [-0.2, 0) is 0 Å². The van der Waals surface area contributed by atoms with Crippen molar-refractivity contribution in [2.75, 3.05) is 5.32 Å². The highest BCUT2D eigenvalue weighted by molar-refractivity contribution is 6.08. The molecule has 6 nitrogen and oxygen atoms in total. The lowest BCUT2D eigenvalue weighted by atomic mass is 10.2. The Labute approximate surface area is 137 Å². The minimum absolute atomic E-state index is 0.292. The van der Waals surface area contributed by atoms with E-state index in [1.807, 2.05) is 49.4 Å². The number of hydrogen-bond donors (Lipinski definition) is 2. The molecule has 2 N–H and O–H groups in total. The van der Waals surface area contributed by atoms with Gasteiger partial charge in [-0.1, -0.05) is 6.07 Å². The van der Waals surface area contributed by atoms with Crippen LogP contribution in [0.5, 0.6) is 0 Å². The number of aromatic amines is 1. The number of fused-ring (bicyclic) bond motifs is 1. The van der Waals surface area contributed by atoms with Gasteiger partial charge in [-0.2, -0.15) is 5.10 Å². The van der Waals surface area contributed by atoms with Gasteiger partial charge < -0.3 is 9.73 Å². The van der Waals surface area contributed by atoms with Gasteiger partial charge in [0.15, 0.2) is 11.5 Å². The maximum atomic E-state index is 12.5. The maximum absolute atomic E-state index is 12.5. The number of nitrogens with zero attached hydrogens (tertiary/aromatic N) is 2. The van der Waals surface area contributed by atoms with E-state index in [2.05, 4.69) is 20.5 Å². The summed E-state index contributed by atoms with van der Waals surface area (Å²) in [7, 11) is 0. The Morgan fingerprint density at radius 1 is 1.17 bits per heavy atom. The standard InChI is InChI=1S/C18H14N4O2/c1-11-7-8-17(24-11)15-10-16(22-21-15)18(23)20-14-6-2-5-13-12(14)4-3-9-19-13/h2-10H,1H3,(H,20,23)(H,21,22). The average Bonchev–Trinajstić information content (AvgIpc) is 3.24. The van der Waals surface area contributed by atoms with Crippen molar-refractivity contribution in [3.63, 3.8) is 0 Å². The lowest BCUT2D eigenvalue weighted by molar-refractivity contribution is 0.102. The molecule has 118 valence electrons. The highest BCUT2D eigenvalue weighted by atomic mass is 16.3. The zero-order chi connectivity index (χ0) is 16.5. The fourth-order valence-electron chi connectivity index (χ4n) is 2.54. The van der Waals surface area contributed by atoms with E-state index in [1.54, 1.807) is 12.3 Å². The molecule has 0 aliphatic rings. The molecule has 0 saturated heterocycles. The largest absolute Gasteiger partial charge is 0.460 e. The quantitative estimate of drug-likeness (QED) is 0.602. The Balaban J connectivity index is 1.61. The van der Waals surface area contributed by atoms with Crippen LogP contribution >= 0.6 is 0 Å². The number of aromatic nitrogens is 3. The zero-order valence-corrected chi connectivity index (χ0v) is 12.9. The third kappa shape index (κ3) is 2.54. The topological polar surface area (TPSA) is 83.8 Å². The number of benzene rings is 1. The van der Waals surface area contributed by atoms with Gasteiger partial charge in [0, 0.05) is 17.6 Å². The fraction of sp³-hybridized carbons (Fsp3) is 0.0556. The predicted molar refractivity (Wildman–Crippen MR) is 90.7 cm³/mol. The number of carbonyl (C=O) groups is 1. The van der Waals surface area contributed by atoms with E-state index in [0.717, 1.165) is 16.7 Å². The Hall–Kier alpha value is -3.41. The molecule has 0 aliphatic carbocycles. The van der Waals surface area contributed by atoms with Crippen molar-refractivity contribution in [1.29, 1.82) is 0 Å². The Morgan fingerprint density at radius 2 is 2.08 bits per heavy atom. The van der Waals surface area contributed by atoms with Crippen LogP contribution < -0.4 is 5.32 Å². The van der Waals surface area contributed by atoms with Crippen LogP contribution in [0.15, 0.2) is 59.1 Å². The van der Waals surface area contributed by atoms with Crippen molar-refractivity contribution in [3.05, 3.63) is 66.2 Å². The zero-order valence-electron chi connectivity index (χ0n) is 12.9. The van der Waals surface area contributed by atoms with E-state index in [0.29, 0.717) is 22.8 Å². The van der Waals surface area contributed by atoms with E-state index >= 15 is 0 Å². The molecule has 0 saturated carbocycles. The number of amides is 1. The number of pyridine rings is 1. The molecule has 1 amide bonds. The molecular weight excluding hydrogens is 304 g/mol. The molecule has 1 aromatic carbocycles. The van der Waals surface area contributed by atoms with Crippen molar-refractivity contribution < 1.29 is 9.21 Å². The molecule has 0 bridgehead atoms. The van der Waals surface area contributed by atoms with E-state index in [-0.39, 0.29) is 5.91 Å². The molecule has 0 fully saturated rings. The third-order valence-corrected chi connectivity index (χ3v) is 3.71. The number of nitrogens with one attached hydrogen (secondary N) is 2. The predicted octanol–water partition coefficient (Wildman–Crippen LogP) is 3.78. The normalized spacial score (nSPS) is 10.9. The van der Waals surface area contributed by atoms with Gasteiger partial charge in [0.25, 0.3) is 5.91 Å². The summed E-state index contributed by atoms with van der Waals surface area (Å²) in [5, 5.41) is 10.6. The van der Waals surface area contributed by atoms with Crippen molar-refractivity contribution in [2.24, 2.45) is 0 Å². The minimum Gasteiger partial charge on any atom is -0.460 e. The highest BCUT2D eigenvalue weighted by Gasteiger charge is 2.14. The van der Waals surface area contributed by atoms with Crippen LogP contribution in [0.3, 0.4) is 0 Å². The van der Waals surface area contributed by atoms with Gasteiger partial charge in [0.2, 0.25) is 0 Å². The van der Waals surface area contributed by atoms with Gasteiger partial charge in [0.1, 0.15) is 11.5 Å². The highest BCUT2D eigenvalue weighted by Crippen LogP contribution is 2.23. The van der Waals surface area contributed by atoms with Crippen molar-refractivity contribution in [1.82, 2.24) is 15.2 Å². The molecular formula is C18H14N4O2. The van der Waals surface area contributed by atoms with Crippen LogP contribution in [0.25, 0.3) is 22.4 Å². The molecule has 0 spiro atoms. The summed E-state index contributed by atoms with van der Waals surface area (Å²) in [6, 6.07) is 14.7. The first-order valence-corrected chi connectivity index (χ1v) is 7.48. The number of aryl methyl sites for hydroxylation is 1. The number of hydrogen-bond acceptors (Lipinski definition) is 4. The summed E-state index contributed by atoms with van der Waals surface area (Å²) >= 11 is 0. The molecule has 3 aromatic heterocycles. The summed E-state index contributed by atoms with van der Waals surface area (Å²) in [6.45, 7) is 1.86. The minimum atomic E-state index is -0.294. The molecule has 0 aliphatic heterocycles. The van der Waals surface area contributed by atoms with Gasteiger partial charge in [-0.25, -0.2) is 0 Å². The smallest absolute Gasteiger partial charge is 0.276 e. The van der Waals surface area contributed by atoms with E-state index in [1.165, 1.54) is 0 Å². The average molecular weight is 318 g/mol. The summed E-state index contributed by atoms with van der Waals surface area (Å²) < 4.78 is 5.53. The molecule has 0 unspecified atom stereocenters. The van der Waals surface area contributed by atoms with Crippen LogP contribution in [-0.4, -0.2) is 21.1 Å². The summed E-state index contributed by atoms with van der Waals surface area (Å²) in [4.78, 5) is 16.7. The third-order valence-electron chi connectivity index (χ3n) is 3.71. The van der Waals surface area contributed by atoms with Crippen LogP contribution in [0.2, 0.25) is 0 Å². The van der Waals surface area contributed by atoms with Crippen molar-refractivity contribution >= 4 is 22.5 Å². The van der Waals surface area contributed by atoms with Gasteiger partial charge in [-0.3, -0.25) is 14.9 Å². The van der Waals surface area contributed by atoms with Gasteiger partial charge in [-0.05, 0) is 43.3 Å². The van der Waals surface area contributed by atoms with Crippen LogP contribution in [0, 0.1) is 6.92 Å². The Bertz CT molecular complexity index is 1030. The Morgan fingerprint density at radius 3 is 2.92 bits per heavy atom. The molecule has 6 heteroatoms. The first-order valence-electron chi connectivity index (χ1n) is 7.48. The summed E-state index contributed by atoms with van der Waals surface area (Å²) in [5.41, 5.74) is 2.47. The fourth-order valence-corrected chi connectivity index (χ4v) is 2.54. The molecule has 0 radical (unpaired) electrons. The summed E-state index contributed by atoms with van der Waals surface area (Å²) in [6.07, 6.45) is 1.72. The maximum Gasteiger partial charge on any atom is 0.276 e. The van der Waals surface area contributed by atoms with Gasteiger partial charge >= 0.3 is 0 Å². The van der Waals surface area contributed by atoms with E-state index < -0.39 is 0 Å². The number of carbonyl (C=O) groups excluding carboxylic acids is 1. The number of furan rings is 1. The number of rotatable bonds is 3. The molecule has 4 rings (SSSR count). The first-order chi connectivity index (χ1) is 11.7. The molecule has 0 atom stereocenters. The SMILES string of the molecule is Cc1ccc(-c2cc(C(=O)Nc3cccc4ncccc34)n[nH]2)o1. The van der Waals surface area contributed by atoms with Crippen molar-refractivity contribution in [3.8, 4) is 11.5 Å². The van der Waals surface area contributed by atoms with Crippen LogP contribution in [0.4, 0.5) is 5.69 Å². The Kier molecular flexibility index (Phi) is 3.35. The second-order valence-electron chi connectivity index (χ2n) is 5.41. The first kappa shape index (κ1) is 14.2. The lowest BCUT2D eigenvalue weighted by Crippen LogP contribution is -2.12. The van der Waals surface area contributed by atoms with E-state index in [9.17, 15) is 4.79 Å². The summed E-state index contributed by atoms with van der Waals surface area (Å²) in [5.74, 6) is 1.15. The monoisotopic (exact) mass is 318 g/mol. The second-order valence-corrected chi connectivity index (χ2v) is 5.41. The lowest BCUT2D eigenvalue weighted by Gasteiger charge is -2.06. The molecule has 24 heavy (non-hydrogen) atoms. The molecule has 3 heterocycles. The van der Waals surface area contributed by atoms with Crippen LogP contribution in [0.1, 0.15) is 16.2 Å². The number of anilines is 1. The molecule has 4 aromatic rings.